The first-order valence-electron chi connectivity index (χ1n) is 7.97. The van der Waals surface area contributed by atoms with Crippen LogP contribution in [-0.4, -0.2) is 58.1 Å². The molecular weight excluding hydrogens is 332 g/mol. The number of methoxy groups -OCH3 is 1. The van der Waals surface area contributed by atoms with E-state index in [-0.39, 0.29) is 22.4 Å². The van der Waals surface area contributed by atoms with Gasteiger partial charge in [0.1, 0.15) is 5.75 Å². The molecule has 1 aliphatic heterocycles. The number of carbonyl (C=O) groups excluding carboxylic acids is 1. The van der Waals surface area contributed by atoms with Crippen molar-refractivity contribution in [2.75, 3.05) is 33.4 Å². The van der Waals surface area contributed by atoms with Gasteiger partial charge in [0.25, 0.3) is 5.91 Å². The third kappa shape index (κ3) is 4.06. The molecule has 2 rings (SSSR count). The molecule has 0 aromatic heterocycles. The van der Waals surface area contributed by atoms with Gasteiger partial charge in [0.2, 0.25) is 10.0 Å². The minimum absolute atomic E-state index is 0.0123. The minimum atomic E-state index is -3.66. The summed E-state index contributed by atoms with van der Waals surface area (Å²) in [5.74, 6) is -0.00282. The molecular formula is C16H24N2O5S. The molecule has 0 radical (unpaired) electrons. The van der Waals surface area contributed by atoms with E-state index in [1.165, 1.54) is 29.6 Å². The van der Waals surface area contributed by atoms with E-state index in [0.717, 1.165) is 6.42 Å². The van der Waals surface area contributed by atoms with Gasteiger partial charge in [-0.15, -0.1) is 0 Å². The van der Waals surface area contributed by atoms with Crippen molar-refractivity contribution < 1.29 is 22.7 Å². The number of nitrogens with one attached hydrogen (secondary N) is 1. The van der Waals surface area contributed by atoms with Gasteiger partial charge >= 0.3 is 0 Å². The Kier molecular flexibility index (Phi) is 6.20. The van der Waals surface area contributed by atoms with Gasteiger partial charge in [0, 0.05) is 19.1 Å². The predicted molar refractivity (Wildman–Crippen MR) is 89.8 cm³/mol. The number of benzene rings is 1. The highest BCUT2D eigenvalue weighted by atomic mass is 32.2. The average Bonchev–Trinajstić information content (AvgIpc) is 2.61. The number of hydrogen-bond acceptors (Lipinski definition) is 5. The summed E-state index contributed by atoms with van der Waals surface area (Å²) >= 11 is 0. The molecule has 1 amide bonds. The number of sulfonamides is 1. The standard InChI is InChI=1S/C16H24N2O5S/c1-4-12(2)17-16(19)14-11-13(5-6-15(14)22-3)24(20,21)18-7-9-23-10-8-18/h5-6,11-12H,4,7-10H2,1-3H3,(H,17,19). The number of rotatable bonds is 6. The number of ether oxygens (including phenoxy) is 2. The maximum Gasteiger partial charge on any atom is 0.255 e. The fourth-order valence-electron chi connectivity index (χ4n) is 2.36. The van der Waals surface area contributed by atoms with Crippen LogP contribution in [0.2, 0.25) is 0 Å². The van der Waals surface area contributed by atoms with Gasteiger partial charge < -0.3 is 14.8 Å². The van der Waals surface area contributed by atoms with E-state index in [0.29, 0.717) is 32.1 Å². The largest absolute Gasteiger partial charge is 0.496 e. The van der Waals surface area contributed by atoms with E-state index < -0.39 is 10.0 Å². The van der Waals surface area contributed by atoms with Crippen molar-refractivity contribution in [3.63, 3.8) is 0 Å². The molecule has 1 aromatic carbocycles. The van der Waals surface area contributed by atoms with Crippen molar-refractivity contribution >= 4 is 15.9 Å². The molecule has 7 nitrogen and oxygen atoms in total. The second kappa shape index (κ2) is 7.96. The number of hydrogen-bond donors (Lipinski definition) is 1. The minimum Gasteiger partial charge on any atom is -0.496 e. The molecule has 134 valence electrons. The third-order valence-corrected chi connectivity index (χ3v) is 5.91. The summed E-state index contributed by atoms with van der Waals surface area (Å²) in [6.07, 6.45) is 0.778. The topological polar surface area (TPSA) is 84.9 Å². The molecule has 1 heterocycles. The van der Waals surface area contributed by atoms with Crippen LogP contribution in [0.3, 0.4) is 0 Å². The zero-order valence-corrected chi connectivity index (χ0v) is 15.1. The van der Waals surface area contributed by atoms with Crippen LogP contribution in [0.15, 0.2) is 23.1 Å². The summed E-state index contributed by atoms with van der Waals surface area (Å²) in [6, 6.07) is 4.34. The summed E-state index contributed by atoms with van der Waals surface area (Å²) in [5.41, 5.74) is 0.215. The Morgan fingerprint density at radius 2 is 2.04 bits per heavy atom. The van der Waals surface area contributed by atoms with Gasteiger partial charge in [0.05, 0.1) is 30.8 Å². The molecule has 0 spiro atoms. The Balaban J connectivity index is 2.35. The molecule has 0 bridgehead atoms. The van der Waals surface area contributed by atoms with Crippen molar-refractivity contribution in [1.82, 2.24) is 9.62 Å². The Labute approximate surface area is 143 Å². The molecule has 0 saturated carbocycles. The van der Waals surface area contributed by atoms with Crippen LogP contribution in [0.5, 0.6) is 5.75 Å². The van der Waals surface area contributed by atoms with Gasteiger partial charge in [-0.3, -0.25) is 4.79 Å². The number of morpholine rings is 1. The van der Waals surface area contributed by atoms with Gasteiger partial charge in [-0.05, 0) is 31.5 Å². The molecule has 1 N–H and O–H groups in total. The number of amides is 1. The first-order valence-corrected chi connectivity index (χ1v) is 9.41. The fourth-order valence-corrected chi connectivity index (χ4v) is 3.80. The van der Waals surface area contributed by atoms with Crippen LogP contribution < -0.4 is 10.1 Å². The number of nitrogens with zero attached hydrogens (tertiary/aromatic N) is 1. The fraction of sp³-hybridized carbons (Fsp3) is 0.562. The monoisotopic (exact) mass is 356 g/mol. The SMILES string of the molecule is CCC(C)NC(=O)c1cc(S(=O)(=O)N2CCOCC2)ccc1OC. The summed E-state index contributed by atoms with van der Waals surface area (Å²) in [7, 11) is -2.21. The molecule has 1 atom stereocenters. The quantitative estimate of drug-likeness (QED) is 0.829. The van der Waals surface area contributed by atoms with Crippen molar-refractivity contribution in [1.29, 1.82) is 0 Å². The van der Waals surface area contributed by atoms with Crippen LogP contribution in [0, 0.1) is 0 Å². The van der Waals surface area contributed by atoms with Crippen molar-refractivity contribution in [3.05, 3.63) is 23.8 Å². The van der Waals surface area contributed by atoms with Gasteiger partial charge in [-0.2, -0.15) is 4.31 Å². The molecule has 1 aliphatic rings. The van der Waals surface area contributed by atoms with Gasteiger partial charge in [-0.25, -0.2) is 8.42 Å². The second-order valence-corrected chi connectivity index (χ2v) is 7.60. The lowest BCUT2D eigenvalue weighted by Crippen LogP contribution is -2.40. The third-order valence-electron chi connectivity index (χ3n) is 4.01. The van der Waals surface area contributed by atoms with Crippen molar-refractivity contribution in [3.8, 4) is 5.75 Å². The lowest BCUT2D eigenvalue weighted by Gasteiger charge is -2.26. The Bertz CT molecular complexity index is 684. The van der Waals surface area contributed by atoms with E-state index in [9.17, 15) is 13.2 Å². The maximum atomic E-state index is 12.7. The van der Waals surface area contributed by atoms with E-state index in [2.05, 4.69) is 5.32 Å². The summed E-state index contributed by atoms with van der Waals surface area (Å²) in [4.78, 5) is 12.5. The van der Waals surface area contributed by atoms with E-state index in [4.69, 9.17) is 9.47 Å². The Hall–Kier alpha value is -1.64. The average molecular weight is 356 g/mol. The molecule has 1 aromatic rings. The summed E-state index contributed by atoms with van der Waals surface area (Å²) in [5, 5.41) is 2.83. The molecule has 24 heavy (non-hydrogen) atoms. The van der Waals surface area contributed by atoms with Crippen LogP contribution in [0.4, 0.5) is 0 Å². The Morgan fingerprint density at radius 1 is 1.38 bits per heavy atom. The highest BCUT2D eigenvalue weighted by Gasteiger charge is 2.28. The normalized spacial score (nSPS) is 17.3. The van der Waals surface area contributed by atoms with Crippen LogP contribution in [0.1, 0.15) is 30.6 Å². The zero-order chi connectivity index (χ0) is 17.7. The molecule has 1 saturated heterocycles. The zero-order valence-electron chi connectivity index (χ0n) is 14.2. The molecule has 1 unspecified atom stereocenters. The molecule has 1 fully saturated rings. The smallest absolute Gasteiger partial charge is 0.255 e. The van der Waals surface area contributed by atoms with E-state index in [1.54, 1.807) is 0 Å². The Morgan fingerprint density at radius 3 is 2.62 bits per heavy atom. The van der Waals surface area contributed by atoms with E-state index >= 15 is 0 Å². The summed E-state index contributed by atoms with van der Waals surface area (Å²) < 4.78 is 37.2. The maximum absolute atomic E-state index is 12.7. The van der Waals surface area contributed by atoms with Crippen LogP contribution >= 0.6 is 0 Å². The van der Waals surface area contributed by atoms with E-state index in [1.807, 2.05) is 13.8 Å². The van der Waals surface area contributed by atoms with Crippen LogP contribution in [-0.2, 0) is 14.8 Å². The second-order valence-electron chi connectivity index (χ2n) is 5.66. The van der Waals surface area contributed by atoms with Crippen molar-refractivity contribution in [2.45, 2.75) is 31.2 Å². The summed E-state index contributed by atoms with van der Waals surface area (Å²) in [6.45, 7) is 5.21. The number of carbonyl (C=O) groups is 1. The van der Waals surface area contributed by atoms with Crippen LogP contribution in [0.25, 0.3) is 0 Å². The molecule has 8 heteroatoms. The van der Waals surface area contributed by atoms with Gasteiger partial charge in [-0.1, -0.05) is 6.92 Å². The lowest BCUT2D eigenvalue weighted by molar-refractivity contribution is 0.0730. The lowest BCUT2D eigenvalue weighted by atomic mass is 10.1. The molecule has 0 aliphatic carbocycles. The first-order chi connectivity index (χ1) is 11.4. The highest BCUT2D eigenvalue weighted by Crippen LogP contribution is 2.25. The van der Waals surface area contributed by atoms with Gasteiger partial charge in [0.15, 0.2) is 0 Å². The highest BCUT2D eigenvalue weighted by molar-refractivity contribution is 7.89. The first kappa shape index (κ1) is 18.7. The van der Waals surface area contributed by atoms with Crippen molar-refractivity contribution in [2.24, 2.45) is 0 Å². The predicted octanol–water partition coefficient (Wildman–Crippen LogP) is 1.24.